The SMILES string of the molecule is CC1(C)[C@@H]2CC[C@@]1(C)[C@H](OC(=O)C[NH3+])C2=O.[Cl-]. The van der Waals surface area contributed by atoms with Crippen LogP contribution in [-0.4, -0.2) is 24.4 Å². The lowest BCUT2D eigenvalue weighted by molar-refractivity contribution is -0.360. The quantitative estimate of drug-likeness (QED) is 0.545. The zero-order valence-electron chi connectivity index (χ0n) is 10.6. The summed E-state index contributed by atoms with van der Waals surface area (Å²) in [5.41, 5.74) is 3.23. The lowest BCUT2D eigenvalue weighted by Gasteiger charge is -2.36. The van der Waals surface area contributed by atoms with Gasteiger partial charge in [0.15, 0.2) is 18.4 Å². The third-order valence-electron chi connectivity index (χ3n) is 4.93. The number of carbonyl (C=O) groups excluding carboxylic acids is 2. The Balaban J connectivity index is 0.00000144. The van der Waals surface area contributed by atoms with Crippen LogP contribution in [0.5, 0.6) is 0 Å². The summed E-state index contributed by atoms with van der Waals surface area (Å²) in [6.07, 6.45) is 1.35. The molecule has 98 valence electrons. The molecule has 0 aliphatic heterocycles. The summed E-state index contributed by atoms with van der Waals surface area (Å²) in [5, 5.41) is 0. The highest BCUT2D eigenvalue weighted by Crippen LogP contribution is 2.64. The molecule has 3 atom stereocenters. The normalized spacial score (nSPS) is 37.8. The summed E-state index contributed by atoms with van der Waals surface area (Å²) >= 11 is 0. The van der Waals surface area contributed by atoms with E-state index >= 15 is 0 Å². The van der Waals surface area contributed by atoms with Crippen molar-refractivity contribution in [3.63, 3.8) is 0 Å². The summed E-state index contributed by atoms with van der Waals surface area (Å²) in [5.74, 6) is -0.205. The van der Waals surface area contributed by atoms with Gasteiger partial charge in [-0.05, 0) is 18.3 Å². The van der Waals surface area contributed by atoms with Crippen LogP contribution in [0.4, 0.5) is 0 Å². The van der Waals surface area contributed by atoms with Crippen molar-refractivity contribution in [1.29, 1.82) is 0 Å². The predicted molar refractivity (Wildman–Crippen MR) is 57.3 cm³/mol. The van der Waals surface area contributed by atoms with Gasteiger partial charge in [0.25, 0.3) is 0 Å². The summed E-state index contributed by atoms with van der Waals surface area (Å²) in [6.45, 7) is 6.38. The molecule has 0 spiro atoms. The minimum Gasteiger partial charge on any atom is -1.00 e. The number of fused-ring (bicyclic) bond motifs is 2. The van der Waals surface area contributed by atoms with Crippen LogP contribution in [0.2, 0.25) is 0 Å². The molecule has 2 fully saturated rings. The van der Waals surface area contributed by atoms with Gasteiger partial charge in [-0.2, -0.15) is 0 Å². The van der Waals surface area contributed by atoms with Crippen LogP contribution in [0.3, 0.4) is 0 Å². The van der Waals surface area contributed by atoms with Crippen molar-refractivity contribution in [3.8, 4) is 0 Å². The third kappa shape index (κ3) is 1.69. The first kappa shape index (κ1) is 14.5. The van der Waals surface area contributed by atoms with Crippen molar-refractivity contribution >= 4 is 11.8 Å². The van der Waals surface area contributed by atoms with Gasteiger partial charge in [0.2, 0.25) is 0 Å². The topological polar surface area (TPSA) is 71.0 Å². The number of carbonyl (C=O) groups is 2. The molecular weight excluding hydrogens is 242 g/mol. The number of ether oxygens (including phenoxy) is 1. The molecule has 2 aliphatic rings. The van der Waals surface area contributed by atoms with E-state index in [0.29, 0.717) is 0 Å². The molecular formula is C12H20ClNO3. The fourth-order valence-corrected chi connectivity index (χ4v) is 3.37. The number of esters is 1. The standard InChI is InChI=1S/C12H19NO3.ClH/c1-11(2)7-4-5-12(11,3)10(9(7)15)16-8(14)6-13;/h7,10H,4-6,13H2,1-3H3;1H/t7-,10-,12+;/m1./s1. The third-order valence-corrected chi connectivity index (χ3v) is 4.93. The van der Waals surface area contributed by atoms with E-state index in [9.17, 15) is 9.59 Å². The van der Waals surface area contributed by atoms with Gasteiger partial charge < -0.3 is 22.9 Å². The molecule has 2 saturated carbocycles. The molecule has 17 heavy (non-hydrogen) atoms. The zero-order valence-corrected chi connectivity index (χ0v) is 11.3. The maximum atomic E-state index is 12.1. The second-order valence-electron chi connectivity index (χ2n) is 5.75. The molecule has 4 nitrogen and oxygen atoms in total. The Morgan fingerprint density at radius 3 is 2.47 bits per heavy atom. The van der Waals surface area contributed by atoms with Crippen molar-refractivity contribution in [2.45, 2.75) is 39.7 Å². The largest absolute Gasteiger partial charge is 1.00 e. The zero-order chi connectivity index (χ0) is 12.1. The van der Waals surface area contributed by atoms with Crippen LogP contribution in [0.15, 0.2) is 0 Å². The predicted octanol–water partition coefficient (Wildman–Crippen LogP) is -2.83. The fraction of sp³-hybridized carbons (Fsp3) is 0.833. The average Bonchev–Trinajstić information content (AvgIpc) is 2.52. The van der Waals surface area contributed by atoms with E-state index in [2.05, 4.69) is 26.5 Å². The van der Waals surface area contributed by atoms with E-state index in [1.807, 2.05) is 0 Å². The molecule has 0 amide bonds. The monoisotopic (exact) mass is 261 g/mol. The van der Waals surface area contributed by atoms with Crippen LogP contribution in [0.25, 0.3) is 0 Å². The van der Waals surface area contributed by atoms with Crippen LogP contribution in [0.1, 0.15) is 33.6 Å². The van der Waals surface area contributed by atoms with Gasteiger partial charge in [-0.15, -0.1) is 0 Å². The lowest BCUT2D eigenvalue weighted by atomic mass is 9.70. The summed E-state index contributed by atoms with van der Waals surface area (Å²) in [6, 6.07) is 0. The Morgan fingerprint density at radius 1 is 1.47 bits per heavy atom. The van der Waals surface area contributed by atoms with Crippen molar-refractivity contribution in [3.05, 3.63) is 0 Å². The van der Waals surface area contributed by atoms with Crippen molar-refractivity contribution in [1.82, 2.24) is 0 Å². The first-order chi connectivity index (χ1) is 7.34. The summed E-state index contributed by atoms with van der Waals surface area (Å²) < 4.78 is 5.29. The van der Waals surface area contributed by atoms with E-state index in [-0.39, 0.29) is 47.5 Å². The number of Topliss-reactive ketones (excluding diaryl/α,β-unsaturated/α-hetero) is 1. The number of quaternary nitrogens is 1. The highest BCUT2D eigenvalue weighted by Gasteiger charge is 2.67. The van der Waals surface area contributed by atoms with Gasteiger partial charge in [-0.1, -0.05) is 20.8 Å². The smallest absolute Gasteiger partial charge is 0.362 e. The molecule has 3 N–H and O–H groups in total. The van der Waals surface area contributed by atoms with E-state index in [0.717, 1.165) is 12.8 Å². The highest BCUT2D eigenvalue weighted by molar-refractivity contribution is 5.93. The van der Waals surface area contributed by atoms with E-state index in [1.165, 1.54) is 0 Å². The average molecular weight is 262 g/mol. The molecule has 0 aromatic rings. The minimum atomic E-state index is -0.546. The molecule has 0 aromatic carbocycles. The molecule has 2 bridgehead atoms. The Morgan fingerprint density at radius 2 is 2.06 bits per heavy atom. The van der Waals surface area contributed by atoms with E-state index in [1.54, 1.807) is 0 Å². The van der Waals surface area contributed by atoms with Crippen LogP contribution in [0, 0.1) is 16.7 Å². The van der Waals surface area contributed by atoms with E-state index < -0.39 is 6.10 Å². The van der Waals surface area contributed by atoms with Crippen molar-refractivity contribution in [2.75, 3.05) is 6.54 Å². The number of hydrogen-bond acceptors (Lipinski definition) is 3. The Labute approximate surface area is 108 Å². The lowest BCUT2D eigenvalue weighted by Crippen LogP contribution is -3.00. The molecule has 0 saturated heterocycles. The summed E-state index contributed by atoms with van der Waals surface area (Å²) in [7, 11) is 0. The van der Waals surface area contributed by atoms with Gasteiger partial charge in [0.05, 0.1) is 0 Å². The number of rotatable bonds is 2. The molecule has 0 aromatic heterocycles. The Hall–Kier alpha value is -0.610. The minimum absolute atomic E-state index is 0. The summed E-state index contributed by atoms with van der Waals surface area (Å²) in [4.78, 5) is 23.4. The molecule has 0 heterocycles. The van der Waals surface area contributed by atoms with Gasteiger partial charge >= 0.3 is 5.97 Å². The molecule has 0 unspecified atom stereocenters. The Kier molecular flexibility index (Phi) is 3.61. The highest BCUT2D eigenvalue weighted by atomic mass is 35.5. The molecule has 5 heteroatoms. The maximum absolute atomic E-state index is 12.1. The molecule has 2 aliphatic carbocycles. The second-order valence-corrected chi connectivity index (χ2v) is 5.75. The first-order valence-electron chi connectivity index (χ1n) is 5.87. The van der Waals surface area contributed by atoms with Crippen LogP contribution >= 0.6 is 0 Å². The van der Waals surface area contributed by atoms with Crippen LogP contribution in [-0.2, 0) is 14.3 Å². The fourth-order valence-electron chi connectivity index (χ4n) is 3.37. The number of ketones is 1. The second kappa shape index (κ2) is 4.25. The number of halogens is 1. The maximum Gasteiger partial charge on any atom is 0.362 e. The first-order valence-corrected chi connectivity index (χ1v) is 5.87. The van der Waals surface area contributed by atoms with E-state index in [4.69, 9.17) is 4.74 Å². The van der Waals surface area contributed by atoms with Gasteiger partial charge in [0, 0.05) is 11.3 Å². The van der Waals surface area contributed by atoms with Gasteiger partial charge in [0.1, 0.15) is 0 Å². The molecule has 2 rings (SSSR count). The molecule has 0 radical (unpaired) electrons. The number of hydrogen-bond donors (Lipinski definition) is 1. The van der Waals surface area contributed by atoms with Gasteiger partial charge in [-0.25, -0.2) is 4.79 Å². The van der Waals surface area contributed by atoms with Crippen molar-refractivity contribution < 1.29 is 32.5 Å². The van der Waals surface area contributed by atoms with Crippen LogP contribution < -0.4 is 18.1 Å². The Bertz CT molecular complexity index is 356. The van der Waals surface area contributed by atoms with Crippen molar-refractivity contribution in [2.24, 2.45) is 16.7 Å². The van der Waals surface area contributed by atoms with Gasteiger partial charge in [-0.3, -0.25) is 4.79 Å².